The molecule has 11 heavy (non-hydrogen) atoms. The first-order chi connectivity index (χ1) is 5.33. The predicted octanol–water partition coefficient (Wildman–Crippen LogP) is 1.15. The third kappa shape index (κ3) is 2.91. The zero-order valence-corrected chi connectivity index (χ0v) is 7.30. The van der Waals surface area contributed by atoms with Gasteiger partial charge < -0.3 is 5.32 Å². The molecular formula is C7H12ClN3. The second kappa shape index (κ2) is 4.36. The van der Waals surface area contributed by atoms with Gasteiger partial charge >= 0.3 is 0 Å². The Labute approximate surface area is 71.4 Å². The highest BCUT2D eigenvalue weighted by Gasteiger charge is 1.93. The molecule has 1 aromatic heterocycles. The lowest BCUT2D eigenvalue weighted by Gasteiger charge is -1.99. The lowest BCUT2D eigenvalue weighted by Crippen LogP contribution is -2.11. The number of halogens is 1. The molecule has 62 valence electrons. The molecule has 4 heteroatoms. The summed E-state index contributed by atoms with van der Waals surface area (Å²) < 4.78 is 1.85. The fourth-order valence-electron chi connectivity index (χ4n) is 0.878. The fourth-order valence-corrected chi connectivity index (χ4v) is 1.03. The number of rotatable bonds is 4. The SMILES string of the molecule is CNCCCn1cc(Cl)cn1. The van der Waals surface area contributed by atoms with Crippen LogP contribution < -0.4 is 5.32 Å². The summed E-state index contributed by atoms with van der Waals surface area (Å²) >= 11 is 5.67. The van der Waals surface area contributed by atoms with Crippen LogP contribution in [0.1, 0.15) is 6.42 Å². The van der Waals surface area contributed by atoms with E-state index < -0.39 is 0 Å². The van der Waals surface area contributed by atoms with Gasteiger partial charge in [-0.15, -0.1) is 0 Å². The number of aryl methyl sites for hydroxylation is 1. The molecule has 0 saturated heterocycles. The lowest BCUT2D eigenvalue weighted by molar-refractivity contribution is 0.562. The quantitative estimate of drug-likeness (QED) is 0.693. The Morgan fingerprint density at radius 2 is 2.55 bits per heavy atom. The van der Waals surface area contributed by atoms with E-state index in [2.05, 4.69) is 10.4 Å². The summed E-state index contributed by atoms with van der Waals surface area (Å²) in [7, 11) is 1.94. The van der Waals surface area contributed by atoms with Crippen LogP contribution in [0.4, 0.5) is 0 Å². The summed E-state index contributed by atoms with van der Waals surface area (Å²) in [4.78, 5) is 0. The highest BCUT2D eigenvalue weighted by Crippen LogP contribution is 2.04. The van der Waals surface area contributed by atoms with Crippen LogP contribution in [0.2, 0.25) is 5.02 Å². The Morgan fingerprint density at radius 3 is 3.09 bits per heavy atom. The number of hydrogen-bond donors (Lipinski definition) is 1. The average molecular weight is 174 g/mol. The Bertz CT molecular complexity index is 209. The normalized spacial score (nSPS) is 10.4. The molecule has 0 saturated carbocycles. The van der Waals surface area contributed by atoms with E-state index in [0.29, 0.717) is 5.02 Å². The molecule has 3 nitrogen and oxygen atoms in total. The third-order valence-electron chi connectivity index (χ3n) is 1.42. The van der Waals surface area contributed by atoms with Gasteiger partial charge in [0.1, 0.15) is 0 Å². The van der Waals surface area contributed by atoms with Crippen LogP contribution in [-0.4, -0.2) is 23.4 Å². The van der Waals surface area contributed by atoms with Crippen LogP contribution in [0.3, 0.4) is 0 Å². The summed E-state index contributed by atoms with van der Waals surface area (Å²) in [6, 6.07) is 0. The monoisotopic (exact) mass is 173 g/mol. The fraction of sp³-hybridized carbons (Fsp3) is 0.571. The first-order valence-corrected chi connectivity index (χ1v) is 4.03. The van der Waals surface area contributed by atoms with Gasteiger partial charge in [-0.1, -0.05) is 11.6 Å². The van der Waals surface area contributed by atoms with Crippen molar-refractivity contribution in [2.45, 2.75) is 13.0 Å². The lowest BCUT2D eigenvalue weighted by atomic mass is 10.4. The molecule has 0 radical (unpaired) electrons. The van der Waals surface area contributed by atoms with Gasteiger partial charge in [-0.25, -0.2) is 0 Å². The van der Waals surface area contributed by atoms with E-state index in [-0.39, 0.29) is 0 Å². The maximum atomic E-state index is 5.67. The number of hydrogen-bond acceptors (Lipinski definition) is 2. The molecule has 0 aliphatic carbocycles. The molecule has 1 N–H and O–H groups in total. The molecule has 0 fully saturated rings. The smallest absolute Gasteiger partial charge is 0.0785 e. The van der Waals surface area contributed by atoms with Gasteiger partial charge in [0.15, 0.2) is 0 Å². The van der Waals surface area contributed by atoms with E-state index in [1.54, 1.807) is 6.20 Å². The van der Waals surface area contributed by atoms with Crippen molar-refractivity contribution < 1.29 is 0 Å². The molecule has 0 aliphatic heterocycles. The van der Waals surface area contributed by atoms with Crippen molar-refractivity contribution >= 4 is 11.6 Å². The second-order valence-corrected chi connectivity index (χ2v) is 2.82. The van der Waals surface area contributed by atoms with Crippen LogP contribution >= 0.6 is 11.6 Å². The largest absolute Gasteiger partial charge is 0.320 e. The third-order valence-corrected chi connectivity index (χ3v) is 1.61. The van der Waals surface area contributed by atoms with E-state index in [1.165, 1.54) is 0 Å². The number of nitrogens with one attached hydrogen (secondary N) is 1. The topological polar surface area (TPSA) is 29.9 Å². The van der Waals surface area contributed by atoms with Crippen LogP contribution in [0.15, 0.2) is 12.4 Å². The van der Waals surface area contributed by atoms with Gasteiger partial charge in [0, 0.05) is 12.7 Å². The van der Waals surface area contributed by atoms with Gasteiger partial charge in [0.2, 0.25) is 0 Å². The minimum Gasteiger partial charge on any atom is -0.320 e. The molecule has 1 heterocycles. The number of aromatic nitrogens is 2. The Hall–Kier alpha value is -0.540. The zero-order valence-electron chi connectivity index (χ0n) is 6.55. The molecule has 0 bridgehead atoms. The van der Waals surface area contributed by atoms with Gasteiger partial charge in [-0.05, 0) is 20.0 Å². The molecule has 0 aliphatic rings. The van der Waals surface area contributed by atoms with Crippen LogP contribution in [0, 0.1) is 0 Å². The summed E-state index contributed by atoms with van der Waals surface area (Å²) in [5.74, 6) is 0. The average Bonchev–Trinajstić information content (AvgIpc) is 2.37. The zero-order chi connectivity index (χ0) is 8.10. The summed E-state index contributed by atoms with van der Waals surface area (Å²) in [6.07, 6.45) is 4.56. The minimum absolute atomic E-state index is 0.703. The van der Waals surface area contributed by atoms with Crippen LogP contribution in [0.5, 0.6) is 0 Å². The number of nitrogens with zero attached hydrogens (tertiary/aromatic N) is 2. The van der Waals surface area contributed by atoms with E-state index in [9.17, 15) is 0 Å². The van der Waals surface area contributed by atoms with Crippen molar-refractivity contribution in [3.63, 3.8) is 0 Å². The standard InChI is InChI=1S/C7H12ClN3/c1-9-3-2-4-11-6-7(8)5-10-11/h5-6,9H,2-4H2,1H3. The Balaban J connectivity index is 2.27. The van der Waals surface area contributed by atoms with Crippen LogP contribution in [0.25, 0.3) is 0 Å². The van der Waals surface area contributed by atoms with Crippen molar-refractivity contribution in [2.24, 2.45) is 0 Å². The van der Waals surface area contributed by atoms with Gasteiger partial charge in [-0.2, -0.15) is 5.10 Å². The minimum atomic E-state index is 0.703. The summed E-state index contributed by atoms with van der Waals surface area (Å²) in [6.45, 7) is 1.94. The van der Waals surface area contributed by atoms with Gasteiger partial charge in [-0.3, -0.25) is 4.68 Å². The van der Waals surface area contributed by atoms with Crippen molar-refractivity contribution in [3.05, 3.63) is 17.4 Å². The molecule has 0 atom stereocenters. The van der Waals surface area contributed by atoms with Gasteiger partial charge in [0.25, 0.3) is 0 Å². The maximum absolute atomic E-state index is 5.67. The Morgan fingerprint density at radius 1 is 1.73 bits per heavy atom. The van der Waals surface area contributed by atoms with Crippen LogP contribution in [-0.2, 0) is 6.54 Å². The maximum Gasteiger partial charge on any atom is 0.0785 e. The predicted molar refractivity (Wildman–Crippen MR) is 45.8 cm³/mol. The van der Waals surface area contributed by atoms with E-state index in [4.69, 9.17) is 11.6 Å². The van der Waals surface area contributed by atoms with E-state index in [1.807, 2.05) is 17.9 Å². The molecule has 1 aromatic rings. The molecule has 1 rings (SSSR count). The first-order valence-electron chi connectivity index (χ1n) is 3.65. The van der Waals surface area contributed by atoms with Crippen molar-refractivity contribution in [1.82, 2.24) is 15.1 Å². The molecule has 0 spiro atoms. The summed E-state index contributed by atoms with van der Waals surface area (Å²) in [5, 5.41) is 7.82. The highest BCUT2D eigenvalue weighted by molar-refractivity contribution is 6.30. The van der Waals surface area contributed by atoms with Gasteiger partial charge in [0.05, 0.1) is 11.2 Å². The first kappa shape index (κ1) is 8.56. The second-order valence-electron chi connectivity index (χ2n) is 2.38. The van der Waals surface area contributed by atoms with Crippen molar-refractivity contribution in [2.75, 3.05) is 13.6 Å². The highest BCUT2D eigenvalue weighted by atomic mass is 35.5. The molecule has 0 amide bonds. The van der Waals surface area contributed by atoms with E-state index >= 15 is 0 Å². The Kier molecular flexibility index (Phi) is 3.39. The molecule has 0 aromatic carbocycles. The van der Waals surface area contributed by atoms with Crippen molar-refractivity contribution in [3.8, 4) is 0 Å². The summed E-state index contributed by atoms with van der Waals surface area (Å²) in [5.41, 5.74) is 0. The van der Waals surface area contributed by atoms with Crippen molar-refractivity contribution in [1.29, 1.82) is 0 Å². The molecule has 0 unspecified atom stereocenters. The van der Waals surface area contributed by atoms with E-state index in [0.717, 1.165) is 19.5 Å². The molecular weight excluding hydrogens is 162 g/mol.